The Hall–Kier alpha value is -3.02. The lowest BCUT2D eigenvalue weighted by atomic mass is 10.1. The fraction of sp³-hybridized carbons (Fsp3) is 0.176. The fourth-order valence-corrected chi connectivity index (χ4v) is 2.14. The van der Waals surface area contributed by atoms with Crippen LogP contribution in [0.3, 0.4) is 0 Å². The van der Waals surface area contributed by atoms with E-state index in [1.807, 2.05) is 37.3 Å². The molecule has 0 aliphatic rings. The first-order valence-corrected chi connectivity index (χ1v) is 7.30. The molecular weight excluding hydrogens is 290 g/mol. The second-order valence-corrected chi connectivity index (χ2v) is 5.36. The van der Waals surface area contributed by atoms with Crippen molar-refractivity contribution in [3.8, 4) is 5.69 Å². The smallest absolute Gasteiger partial charge is 0.273 e. The maximum atomic E-state index is 12.1. The van der Waals surface area contributed by atoms with E-state index < -0.39 is 0 Å². The summed E-state index contributed by atoms with van der Waals surface area (Å²) in [5.41, 5.74) is 4.53. The summed E-state index contributed by atoms with van der Waals surface area (Å²) in [6.45, 7) is 4.52. The van der Waals surface area contributed by atoms with Crippen molar-refractivity contribution < 1.29 is 4.79 Å². The Labute approximate surface area is 134 Å². The molecule has 0 saturated heterocycles. The molecular formula is C17H17N5O. The van der Waals surface area contributed by atoms with Gasteiger partial charge in [0.05, 0.1) is 11.9 Å². The van der Waals surface area contributed by atoms with Gasteiger partial charge >= 0.3 is 0 Å². The number of aromatic nitrogens is 4. The number of nitrogens with zero attached hydrogens (tertiary/aromatic N) is 4. The number of benzene rings is 1. The van der Waals surface area contributed by atoms with E-state index in [1.165, 1.54) is 11.1 Å². The first-order valence-electron chi connectivity index (χ1n) is 7.30. The van der Waals surface area contributed by atoms with E-state index >= 15 is 0 Å². The van der Waals surface area contributed by atoms with E-state index in [4.69, 9.17) is 0 Å². The Kier molecular flexibility index (Phi) is 4.14. The number of pyridine rings is 1. The van der Waals surface area contributed by atoms with Crippen molar-refractivity contribution in [1.29, 1.82) is 0 Å². The quantitative estimate of drug-likeness (QED) is 0.802. The summed E-state index contributed by atoms with van der Waals surface area (Å²) in [4.78, 5) is 16.1. The Balaban J connectivity index is 1.71. The van der Waals surface area contributed by atoms with Crippen molar-refractivity contribution in [3.63, 3.8) is 0 Å². The van der Waals surface area contributed by atoms with E-state index in [2.05, 4.69) is 27.5 Å². The van der Waals surface area contributed by atoms with E-state index in [0.717, 1.165) is 11.3 Å². The zero-order valence-corrected chi connectivity index (χ0v) is 13.0. The third-order valence-corrected chi connectivity index (χ3v) is 3.68. The highest BCUT2D eigenvalue weighted by Gasteiger charge is 2.11. The maximum absolute atomic E-state index is 12.1. The second kappa shape index (κ2) is 6.39. The minimum atomic E-state index is -0.253. The topological polar surface area (TPSA) is 72.7 Å². The van der Waals surface area contributed by atoms with Crippen molar-refractivity contribution in [2.45, 2.75) is 20.4 Å². The Morgan fingerprint density at radius 2 is 1.91 bits per heavy atom. The molecule has 0 aliphatic heterocycles. The predicted octanol–water partition coefficient (Wildman–Crippen LogP) is 2.21. The van der Waals surface area contributed by atoms with Crippen LogP contribution in [-0.4, -0.2) is 25.9 Å². The number of nitrogens with one attached hydrogen (secondary N) is 1. The van der Waals surface area contributed by atoms with Crippen LogP contribution in [0.2, 0.25) is 0 Å². The molecule has 0 spiro atoms. The van der Waals surface area contributed by atoms with Crippen LogP contribution >= 0.6 is 0 Å². The molecule has 3 aromatic rings. The normalized spacial score (nSPS) is 10.5. The van der Waals surface area contributed by atoms with Gasteiger partial charge in [0.15, 0.2) is 5.69 Å². The molecule has 0 aliphatic carbocycles. The van der Waals surface area contributed by atoms with Gasteiger partial charge in [-0.05, 0) is 54.8 Å². The second-order valence-electron chi connectivity index (χ2n) is 5.36. The molecule has 1 amide bonds. The molecule has 0 fully saturated rings. The third kappa shape index (κ3) is 3.42. The van der Waals surface area contributed by atoms with E-state index in [9.17, 15) is 4.79 Å². The average Bonchev–Trinajstić information content (AvgIpc) is 3.06. The van der Waals surface area contributed by atoms with Crippen molar-refractivity contribution in [1.82, 2.24) is 25.3 Å². The zero-order chi connectivity index (χ0) is 16.2. The molecule has 116 valence electrons. The highest BCUT2D eigenvalue weighted by atomic mass is 16.2. The summed E-state index contributed by atoms with van der Waals surface area (Å²) >= 11 is 0. The Morgan fingerprint density at radius 1 is 1.13 bits per heavy atom. The average molecular weight is 307 g/mol. The van der Waals surface area contributed by atoms with Gasteiger partial charge in [0.1, 0.15) is 0 Å². The van der Waals surface area contributed by atoms with Crippen LogP contribution < -0.4 is 5.32 Å². The van der Waals surface area contributed by atoms with E-state index in [0.29, 0.717) is 6.54 Å². The molecule has 2 heterocycles. The number of rotatable bonds is 4. The molecule has 1 N–H and O–H groups in total. The summed E-state index contributed by atoms with van der Waals surface area (Å²) in [6, 6.07) is 9.70. The van der Waals surface area contributed by atoms with Gasteiger partial charge in [-0.3, -0.25) is 9.78 Å². The summed E-state index contributed by atoms with van der Waals surface area (Å²) in [7, 11) is 0. The van der Waals surface area contributed by atoms with Crippen LogP contribution in [0.4, 0.5) is 0 Å². The molecule has 2 aromatic heterocycles. The van der Waals surface area contributed by atoms with E-state index in [-0.39, 0.29) is 11.6 Å². The first-order chi connectivity index (χ1) is 11.1. The predicted molar refractivity (Wildman–Crippen MR) is 86.2 cm³/mol. The molecule has 23 heavy (non-hydrogen) atoms. The first kappa shape index (κ1) is 14.9. The SMILES string of the molecule is Cc1ccc(-n2cc(C(=O)NCc3ccncc3)nn2)cc1C. The van der Waals surface area contributed by atoms with Crippen molar-refractivity contribution in [2.24, 2.45) is 0 Å². The number of aryl methyl sites for hydroxylation is 2. The van der Waals surface area contributed by atoms with Crippen LogP contribution in [0.5, 0.6) is 0 Å². The van der Waals surface area contributed by atoms with Gasteiger partial charge in [0.2, 0.25) is 0 Å². The molecule has 0 radical (unpaired) electrons. The molecule has 0 saturated carbocycles. The number of amides is 1. The van der Waals surface area contributed by atoms with Gasteiger partial charge < -0.3 is 5.32 Å². The van der Waals surface area contributed by atoms with Crippen LogP contribution in [0.1, 0.15) is 27.2 Å². The molecule has 0 bridgehead atoms. The van der Waals surface area contributed by atoms with Gasteiger partial charge in [-0.1, -0.05) is 11.3 Å². The third-order valence-electron chi connectivity index (χ3n) is 3.68. The minimum Gasteiger partial charge on any atom is -0.347 e. The van der Waals surface area contributed by atoms with Crippen LogP contribution in [0.25, 0.3) is 5.69 Å². The number of hydrogen-bond donors (Lipinski definition) is 1. The van der Waals surface area contributed by atoms with Crippen LogP contribution in [0.15, 0.2) is 48.9 Å². The fourth-order valence-electron chi connectivity index (χ4n) is 2.14. The largest absolute Gasteiger partial charge is 0.347 e. The Bertz CT molecular complexity index is 826. The summed E-state index contributed by atoms with van der Waals surface area (Å²) in [5, 5.41) is 10.8. The summed E-state index contributed by atoms with van der Waals surface area (Å²) in [6.07, 6.45) is 5.01. The molecule has 0 atom stereocenters. The van der Waals surface area contributed by atoms with Gasteiger partial charge in [-0.15, -0.1) is 5.10 Å². The zero-order valence-electron chi connectivity index (χ0n) is 13.0. The number of carbonyl (C=O) groups excluding carboxylic acids is 1. The van der Waals surface area contributed by atoms with Crippen molar-refractivity contribution in [2.75, 3.05) is 0 Å². The summed E-state index contributed by atoms with van der Waals surface area (Å²) < 4.78 is 1.60. The van der Waals surface area contributed by atoms with Crippen molar-refractivity contribution >= 4 is 5.91 Å². The van der Waals surface area contributed by atoms with Gasteiger partial charge in [-0.2, -0.15) is 0 Å². The van der Waals surface area contributed by atoms with Gasteiger partial charge in [0, 0.05) is 18.9 Å². The molecule has 6 nitrogen and oxygen atoms in total. The van der Waals surface area contributed by atoms with Crippen molar-refractivity contribution in [3.05, 3.63) is 71.3 Å². The van der Waals surface area contributed by atoms with Crippen LogP contribution in [-0.2, 0) is 6.54 Å². The minimum absolute atomic E-state index is 0.253. The van der Waals surface area contributed by atoms with Gasteiger partial charge in [0.25, 0.3) is 5.91 Å². The molecule has 3 rings (SSSR count). The van der Waals surface area contributed by atoms with E-state index in [1.54, 1.807) is 23.3 Å². The highest BCUT2D eigenvalue weighted by Crippen LogP contribution is 2.13. The monoisotopic (exact) mass is 307 g/mol. The molecule has 6 heteroatoms. The number of hydrogen-bond acceptors (Lipinski definition) is 4. The lowest BCUT2D eigenvalue weighted by molar-refractivity contribution is 0.0946. The molecule has 0 unspecified atom stereocenters. The highest BCUT2D eigenvalue weighted by molar-refractivity contribution is 5.91. The lowest BCUT2D eigenvalue weighted by Gasteiger charge is -2.04. The summed E-state index contributed by atoms with van der Waals surface area (Å²) in [5.74, 6) is -0.253. The van der Waals surface area contributed by atoms with Crippen LogP contribution in [0, 0.1) is 13.8 Å². The maximum Gasteiger partial charge on any atom is 0.273 e. The van der Waals surface area contributed by atoms with Gasteiger partial charge in [-0.25, -0.2) is 4.68 Å². The Morgan fingerprint density at radius 3 is 2.65 bits per heavy atom. The lowest BCUT2D eigenvalue weighted by Crippen LogP contribution is -2.23. The molecule has 1 aromatic carbocycles. The number of carbonyl (C=O) groups is 1. The standard InChI is InChI=1S/C17H17N5O/c1-12-3-4-15(9-13(12)2)22-11-16(20-21-22)17(23)19-10-14-5-7-18-8-6-14/h3-9,11H,10H2,1-2H3,(H,19,23).